The van der Waals surface area contributed by atoms with Crippen LogP contribution in [0.1, 0.15) is 36.9 Å². The van der Waals surface area contributed by atoms with E-state index in [2.05, 4.69) is 16.3 Å². The number of hydrogen-bond acceptors (Lipinski definition) is 4. The Hall–Kier alpha value is -2.37. The Morgan fingerprint density at radius 2 is 1.78 bits per heavy atom. The predicted molar refractivity (Wildman–Crippen MR) is 108 cm³/mol. The van der Waals surface area contributed by atoms with E-state index < -0.39 is 5.54 Å². The van der Waals surface area contributed by atoms with Crippen LogP contribution in [0.5, 0.6) is 5.75 Å². The molecule has 0 radical (unpaired) electrons. The summed E-state index contributed by atoms with van der Waals surface area (Å²) in [5.74, 6) is 0.676. The second-order valence-corrected chi connectivity index (χ2v) is 7.28. The average Bonchev–Trinajstić information content (AvgIpc) is 3.23. The summed E-state index contributed by atoms with van der Waals surface area (Å²) >= 11 is 0. The molecule has 0 aromatic heterocycles. The van der Waals surface area contributed by atoms with Crippen LogP contribution in [-0.2, 0) is 10.3 Å². The number of likely N-dealkylation sites (tertiary alicyclic amines) is 1. The lowest BCUT2D eigenvalue weighted by atomic mass is 9.92. The van der Waals surface area contributed by atoms with E-state index in [4.69, 9.17) is 10.5 Å². The minimum absolute atomic E-state index is 0.0687. The van der Waals surface area contributed by atoms with Crippen molar-refractivity contribution in [1.82, 2.24) is 10.2 Å². The summed E-state index contributed by atoms with van der Waals surface area (Å²) in [6.07, 6.45) is 2.36. The van der Waals surface area contributed by atoms with E-state index >= 15 is 0 Å². The summed E-state index contributed by atoms with van der Waals surface area (Å²) in [6, 6.07) is 17.6. The number of nitrogens with one attached hydrogen (secondary N) is 1. The number of amides is 1. The zero-order chi connectivity index (χ0) is 19.3. The van der Waals surface area contributed by atoms with Crippen LogP contribution in [-0.4, -0.2) is 37.6 Å². The van der Waals surface area contributed by atoms with Crippen LogP contribution in [0, 0.1) is 0 Å². The summed E-state index contributed by atoms with van der Waals surface area (Å²) < 4.78 is 5.57. The summed E-state index contributed by atoms with van der Waals surface area (Å²) in [7, 11) is 1.69. The van der Waals surface area contributed by atoms with Crippen molar-refractivity contribution < 1.29 is 9.53 Å². The Kier molecular flexibility index (Phi) is 6.14. The summed E-state index contributed by atoms with van der Waals surface area (Å²) in [4.78, 5) is 15.3. The highest BCUT2D eigenvalue weighted by molar-refractivity contribution is 5.87. The number of carbonyl (C=O) groups is 1. The van der Waals surface area contributed by atoms with Crippen molar-refractivity contribution >= 4 is 5.91 Å². The highest BCUT2D eigenvalue weighted by Crippen LogP contribution is 2.31. The van der Waals surface area contributed by atoms with Gasteiger partial charge in [-0.25, -0.2) is 0 Å². The topological polar surface area (TPSA) is 67.6 Å². The van der Waals surface area contributed by atoms with E-state index in [9.17, 15) is 4.79 Å². The lowest BCUT2D eigenvalue weighted by Crippen LogP contribution is -2.50. The van der Waals surface area contributed by atoms with Crippen molar-refractivity contribution in [3.63, 3.8) is 0 Å². The number of nitrogens with two attached hydrogens (primary N) is 1. The molecule has 2 unspecified atom stereocenters. The maximum Gasteiger partial charge on any atom is 0.244 e. The Morgan fingerprint density at radius 3 is 2.44 bits per heavy atom. The third-order valence-corrected chi connectivity index (χ3v) is 5.38. The second kappa shape index (κ2) is 8.55. The fraction of sp³-hybridized carbons (Fsp3) is 0.409. The molecule has 0 spiro atoms. The van der Waals surface area contributed by atoms with E-state index in [0.29, 0.717) is 6.54 Å². The fourth-order valence-corrected chi connectivity index (χ4v) is 3.72. The molecule has 5 heteroatoms. The van der Waals surface area contributed by atoms with Crippen molar-refractivity contribution in [1.29, 1.82) is 0 Å². The van der Waals surface area contributed by atoms with Crippen molar-refractivity contribution in [2.75, 3.05) is 26.7 Å². The van der Waals surface area contributed by atoms with Gasteiger partial charge in [0.1, 0.15) is 11.3 Å². The number of para-hydroxylation sites is 1. The lowest BCUT2D eigenvalue weighted by Gasteiger charge is -2.31. The van der Waals surface area contributed by atoms with Crippen LogP contribution in [0.2, 0.25) is 0 Å². The molecular weight excluding hydrogens is 338 g/mol. The Balaban J connectivity index is 1.78. The number of carbonyl (C=O) groups excluding carboxylic acids is 1. The van der Waals surface area contributed by atoms with Crippen LogP contribution in [0.3, 0.4) is 0 Å². The summed E-state index contributed by atoms with van der Waals surface area (Å²) in [5.41, 5.74) is 7.19. The third-order valence-electron chi connectivity index (χ3n) is 5.38. The largest absolute Gasteiger partial charge is 0.496 e. The average molecular weight is 367 g/mol. The van der Waals surface area contributed by atoms with Gasteiger partial charge < -0.3 is 15.8 Å². The third kappa shape index (κ3) is 4.31. The molecule has 0 saturated carbocycles. The van der Waals surface area contributed by atoms with E-state index in [1.807, 2.05) is 48.5 Å². The molecular formula is C22H29N3O2. The molecule has 144 valence electrons. The molecule has 2 aromatic rings. The van der Waals surface area contributed by atoms with Gasteiger partial charge in [-0.15, -0.1) is 0 Å². The molecule has 2 atom stereocenters. The van der Waals surface area contributed by atoms with E-state index in [1.165, 1.54) is 12.8 Å². The second-order valence-electron chi connectivity index (χ2n) is 7.28. The van der Waals surface area contributed by atoms with Crippen molar-refractivity contribution in [3.8, 4) is 5.75 Å². The molecule has 1 fully saturated rings. The van der Waals surface area contributed by atoms with Crippen LogP contribution in [0.4, 0.5) is 0 Å². The Bertz CT molecular complexity index is 755. The van der Waals surface area contributed by atoms with E-state index in [0.717, 1.165) is 30.0 Å². The molecule has 1 amide bonds. The summed E-state index contributed by atoms with van der Waals surface area (Å²) in [6.45, 7) is 4.30. The van der Waals surface area contributed by atoms with Gasteiger partial charge in [0.05, 0.1) is 13.2 Å². The maximum atomic E-state index is 12.9. The molecule has 27 heavy (non-hydrogen) atoms. The van der Waals surface area contributed by atoms with Crippen LogP contribution in [0.25, 0.3) is 0 Å². The number of benzene rings is 2. The molecule has 1 heterocycles. The monoisotopic (exact) mass is 367 g/mol. The minimum Gasteiger partial charge on any atom is -0.496 e. The first-order valence-corrected chi connectivity index (χ1v) is 9.53. The molecule has 2 aromatic carbocycles. The molecule has 0 aliphatic carbocycles. The number of hydrogen-bond donors (Lipinski definition) is 2. The Labute approximate surface area is 161 Å². The fourth-order valence-electron chi connectivity index (χ4n) is 3.72. The van der Waals surface area contributed by atoms with Gasteiger partial charge in [-0.05, 0) is 44.5 Å². The molecule has 1 saturated heterocycles. The van der Waals surface area contributed by atoms with Crippen molar-refractivity contribution in [3.05, 3.63) is 65.7 Å². The first kappa shape index (κ1) is 19.4. The van der Waals surface area contributed by atoms with Gasteiger partial charge in [0.25, 0.3) is 0 Å². The van der Waals surface area contributed by atoms with Gasteiger partial charge in [0.2, 0.25) is 5.91 Å². The Morgan fingerprint density at radius 1 is 1.15 bits per heavy atom. The highest BCUT2D eigenvalue weighted by Gasteiger charge is 2.32. The van der Waals surface area contributed by atoms with Crippen molar-refractivity contribution in [2.45, 2.75) is 31.3 Å². The van der Waals surface area contributed by atoms with Crippen LogP contribution in [0.15, 0.2) is 54.6 Å². The van der Waals surface area contributed by atoms with Gasteiger partial charge in [-0.1, -0.05) is 48.5 Å². The van der Waals surface area contributed by atoms with Crippen LogP contribution >= 0.6 is 0 Å². The normalized spacial score (nSPS) is 17.9. The quantitative estimate of drug-likeness (QED) is 0.790. The molecule has 0 bridgehead atoms. The van der Waals surface area contributed by atoms with Gasteiger partial charge in [-0.2, -0.15) is 0 Å². The van der Waals surface area contributed by atoms with Gasteiger partial charge in [0.15, 0.2) is 0 Å². The molecule has 3 rings (SSSR count). The maximum absolute atomic E-state index is 12.9. The molecule has 5 nitrogen and oxygen atoms in total. The molecule has 3 N–H and O–H groups in total. The smallest absolute Gasteiger partial charge is 0.244 e. The minimum atomic E-state index is -1.07. The van der Waals surface area contributed by atoms with E-state index in [1.54, 1.807) is 14.0 Å². The van der Waals surface area contributed by atoms with Crippen LogP contribution < -0.4 is 15.8 Å². The highest BCUT2D eigenvalue weighted by atomic mass is 16.5. The number of ether oxygens (including phenoxy) is 1. The van der Waals surface area contributed by atoms with Gasteiger partial charge >= 0.3 is 0 Å². The first-order chi connectivity index (χ1) is 13.0. The number of methoxy groups -OCH3 is 1. The molecule has 1 aliphatic heterocycles. The molecule has 1 aliphatic rings. The zero-order valence-electron chi connectivity index (χ0n) is 16.2. The summed E-state index contributed by atoms with van der Waals surface area (Å²) in [5, 5.41) is 3.09. The standard InChI is InChI=1S/C22H29N3O2/c1-22(23,17-10-4-3-5-11-17)21(26)24-16-19(25-14-8-9-15-25)18-12-6-7-13-20(18)27-2/h3-7,10-13,19H,8-9,14-16,23H2,1-2H3,(H,24,26). The first-order valence-electron chi connectivity index (χ1n) is 9.53. The SMILES string of the molecule is COc1ccccc1C(CNC(=O)C(C)(N)c1ccccc1)N1CCCC1. The number of rotatable bonds is 7. The van der Waals surface area contributed by atoms with Crippen molar-refractivity contribution in [2.24, 2.45) is 5.73 Å². The zero-order valence-corrected chi connectivity index (χ0v) is 16.2. The predicted octanol–water partition coefficient (Wildman–Crippen LogP) is 2.82. The van der Waals surface area contributed by atoms with Gasteiger partial charge in [0, 0.05) is 12.1 Å². The van der Waals surface area contributed by atoms with Gasteiger partial charge in [-0.3, -0.25) is 9.69 Å². The van der Waals surface area contributed by atoms with E-state index in [-0.39, 0.29) is 11.9 Å². The lowest BCUT2D eigenvalue weighted by molar-refractivity contribution is -0.126. The number of nitrogens with zero attached hydrogens (tertiary/aromatic N) is 1.